The lowest BCUT2D eigenvalue weighted by Crippen LogP contribution is -2.45. The molecule has 176 valence electrons. The largest absolute Gasteiger partial charge is 0.493 e. The van der Waals surface area contributed by atoms with E-state index in [1.54, 1.807) is 42.5 Å². The van der Waals surface area contributed by atoms with Crippen LogP contribution in [0.4, 0.5) is 0 Å². The van der Waals surface area contributed by atoms with Crippen LogP contribution in [0.3, 0.4) is 0 Å². The van der Waals surface area contributed by atoms with Crippen molar-refractivity contribution in [1.29, 1.82) is 0 Å². The number of carbonyl (C=O) groups is 2. The van der Waals surface area contributed by atoms with Gasteiger partial charge in [0.1, 0.15) is 11.5 Å². The van der Waals surface area contributed by atoms with Crippen LogP contribution in [0.2, 0.25) is 15.1 Å². The minimum absolute atomic E-state index is 0.103. The summed E-state index contributed by atoms with van der Waals surface area (Å²) in [5, 5.41) is 14.1. The van der Waals surface area contributed by atoms with Crippen LogP contribution < -0.4 is 14.8 Å². The number of ether oxygens (including phenoxy) is 2. The average Bonchev–Trinajstić information content (AvgIpc) is 2.79. The lowest BCUT2D eigenvalue weighted by Gasteiger charge is -2.35. The maximum atomic E-state index is 12.6. The van der Waals surface area contributed by atoms with E-state index in [-0.39, 0.29) is 29.7 Å². The van der Waals surface area contributed by atoms with Crippen LogP contribution in [0.5, 0.6) is 11.5 Å². The van der Waals surface area contributed by atoms with E-state index in [1.165, 1.54) is 18.2 Å². The highest BCUT2D eigenvalue weighted by molar-refractivity contribution is 6.34. The van der Waals surface area contributed by atoms with Gasteiger partial charge in [-0.05, 0) is 54.4 Å². The first kappa shape index (κ1) is 24.2. The number of aliphatic carboxylic acids is 1. The number of nitrogens with one attached hydrogen (secondary N) is 1. The summed E-state index contributed by atoms with van der Waals surface area (Å²) >= 11 is 18.4. The van der Waals surface area contributed by atoms with Gasteiger partial charge in [-0.15, -0.1) is 0 Å². The zero-order valence-corrected chi connectivity index (χ0v) is 20.1. The molecule has 0 bridgehead atoms. The maximum Gasteiger partial charge on any atom is 0.353 e. The molecule has 4 rings (SSSR count). The molecule has 0 aliphatic carbocycles. The minimum Gasteiger partial charge on any atom is -0.493 e. The molecule has 0 spiro atoms. The number of carboxylic acids is 1. The predicted octanol–water partition coefficient (Wildman–Crippen LogP) is 5.76. The molecule has 1 amide bonds. The van der Waals surface area contributed by atoms with Gasteiger partial charge in [0, 0.05) is 34.1 Å². The second-order valence-electron chi connectivity index (χ2n) is 7.76. The SMILES string of the molecule is O=C(NCCc1cc(Cl)cc(Cl)c1)c1ccc(OC2(C(=O)O)CCOc3ccccc32)c(Cl)c1. The highest BCUT2D eigenvalue weighted by Crippen LogP contribution is 2.42. The summed E-state index contributed by atoms with van der Waals surface area (Å²) in [5.41, 5.74) is -0.0261. The zero-order chi connectivity index (χ0) is 24.3. The lowest BCUT2D eigenvalue weighted by molar-refractivity contribution is -0.159. The van der Waals surface area contributed by atoms with Crippen LogP contribution in [-0.2, 0) is 16.8 Å². The first-order valence-electron chi connectivity index (χ1n) is 10.5. The number of hydrogen-bond donors (Lipinski definition) is 2. The van der Waals surface area contributed by atoms with Gasteiger partial charge in [-0.25, -0.2) is 4.79 Å². The van der Waals surface area contributed by atoms with Gasteiger partial charge in [-0.2, -0.15) is 0 Å². The van der Waals surface area contributed by atoms with Crippen molar-refractivity contribution in [1.82, 2.24) is 5.32 Å². The normalized spacial score (nSPS) is 16.8. The van der Waals surface area contributed by atoms with Crippen LogP contribution >= 0.6 is 34.8 Å². The molecule has 0 saturated carbocycles. The predicted molar refractivity (Wildman–Crippen MR) is 130 cm³/mol. The van der Waals surface area contributed by atoms with E-state index < -0.39 is 11.6 Å². The van der Waals surface area contributed by atoms with E-state index in [9.17, 15) is 14.7 Å². The Balaban J connectivity index is 1.47. The Morgan fingerprint density at radius 1 is 1.03 bits per heavy atom. The summed E-state index contributed by atoms with van der Waals surface area (Å²) in [4.78, 5) is 24.9. The topological polar surface area (TPSA) is 84.9 Å². The fraction of sp³-hybridized carbons (Fsp3) is 0.200. The molecule has 1 heterocycles. The number of para-hydroxylation sites is 1. The van der Waals surface area contributed by atoms with Gasteiger partial charge in [-0.1, -0.05) is 53.0 Å². The first-order valence-corrected chi connectivity index (χ1v) is 11.6. The lowest BCUT2D eigenvalue weighted by atomic mass is 9.87. The Morgan fingerprint density at radius 2 is 1.76 bits per heavy atom. The molecule has 0 fully saturated rings. The van der Waals surface area contributed by atoms with Crippen molar-refractivity contribution in [3.63, 3.8) is 0 Å². The molecule has 3 aromatic carbocycles. The smallest absolute Gasteiger partial charge is 0.353 e. The Morgan fingerprint density at radius 3 is 2.47 bits per heavy atom. The molecule has 0 saturated heterocycles. The van der Waals surface area contributed by atoms with Crippen molar-refractivity contribution in [2.45, 2.75) is 18.4 Å². The molecule has 9 heteroatoms. The summed E-state index contributed by atoms with van der Waals surface area (Å²) in [6.07, 6.45) is 0.648. The molecule has 34 heavy (non-hydrogen) atoms. The Hall–Kier alpha value is -2.93. The van der Waals surface area contributed by atoms with Gasteiger partial charge in [0.25, 0.3) is 5.91 Å². The first-order chi connectivity index (χ1) is 16.3. The number of halogens is 3. The summed E-state index contributed by atoms with van der Waals surface area (Å²) in [5.74, 6) is -0.872. The van der Waals surface area contributed by atoms with Gasteiger partial charge in [-0.3, -0.25) is 4.79 Å². The average molecular weight is 521 g/mol. The Labute approximate surface area is 211 Å². The molecule has 1 atom stereocenters. The molecule has 3 aromatic rings. The van der Waals surface area contributed by atoms with Crippen molar-refractivity contribution >= 4 is 46.7 Å². The van der Waals surface area contributed by atoms with Crippen molar-refractivity contribution < 1.29 is 24.2 Å². The molecule has 1 aliphatic heterocycles. The van der Waals surface area contributed by atoms with Crippen LogP contribution in [0.1, 0.15) is 27.9 Å². The molecule has 1 unspecified atom stereocenters. The second-order valence-corrected chi connectivity index (χ2v) is 9.04. The maximum absolute atomic E-state index is 12.6. The van der Waals surface area contributed by atoms with Crippen molar-refractivity contribution in [3.05, 3.63) is 92.4 Å². The number of fused-ring (bicyclic) bond motifs is 1. The number of carboxylic acid groups (broad SMARTS) is 1. The third-order valence-electron chi connectivity index (χ3n) is 5.48. The summed E-state index contributed by atoms with van der Waals surface area (Å²) in [6, 6.07) is 16.5. The minimum atomic E-state index is -1.65. The number of rotatable bonds is 7. The zero-order valence-electron chi connectivity index (χ0n) is 17.8. The van der Waals surface area contributed by atoms with E-state index in [0.717, 1.165) is 5.56 Å². The number of hydrogen-bond acceptors (Lipinski definition) is 4. The molecule has 6 nitrogen and oxygen atoms in total. The molecular weight excluding hydrogens is 501 g/mol. The number of carbonyl (C=O) groups excluding carboxylic acids is 1. The van der Waals surface area contributed by atoms with E-state index >= 15 is 0 Å². The van der Waals surface area contributed by atoms with Crippen molar-refractivity contribution in [3.8, 4) is 11.5 Å². The number of amides is 1. The fourth-order valence-electron chi connectivity index (χ4n) is 3.83. The highest BCUT2D eigenvalue weighted by atomic mass is 35.5. The Kier molecular flexibility index (Phi) is 7.22. The quantitative estimate of drug-likeness (QED) is 0.414. The van der Waals surface area contributed by atoms with Gasteiger partial charge < -0.3 is 19.9 Å². The van der Waals surface area contributed by atoms with Gasteiger partial charge in [0.15, 0.2) is 0 Å². The summed E-state index contributed by atoms with van der Waals surface area (Å²) < 4.78 is 11.6. The highest BCUT2D eigenvalue weighted by Gasteiger charge is 2.47. The van der Waals surface area contributed by atoms with E-state index in [4.69, 9.17) is 44.3 Å². The van der Waals surface area contributed by atoms with E-state index in [0.29, 0.717) is 39.9 Å². The van der Waals surface area contributed by atoms with Crippen LogP contribution in [-0.4, -0.2) is 30.1 Å². The molecule has 1 aliphatic rings. The second kappa shape index (κ2) is 10.1. The van der Waals surface area contributed by atoms with E-state index in [2.05, 4.69) is 5.32 Å². The van der Waals surface area contributed by atoms with Crippen LogP contribution in [0.15, 0.2) is 60.7 Å². The number of benzene rings is 3. The third-order valence-corrected chi connectivity index (χ3v) is 6.21. The third kappa shape index (κ3) is 5.09. The van der Waals surface area contributed by atoms with Gasteiger partial charge in [0.05, 0.1) is 11.6 Å². The Bertz CT molecular complexity index is 1230. The fourth-order valence-corrected chi connectivity index (χ4v) is 4.62. The monoisotopic (exact) mass is 519 g/mol. The molecular formula is C25H20Cl3NO5. The molecule has 0 aromatic heterocycles. The van der Waals surface area contributed by atoms with E-state index in [1.807, 2.05) is 0 Å². The summed E-state index contributed by atoms with van der Waals surface area (Å²) in [6.45, 7) is 0.545. The molecule has 2 N–H and O–H groups in total. The van der Waals surface area contributed by atoms with Gasteiger partial charge >= 0.3 is 5.97 Å². The standard InChI is InChI=1S/C25H20Cl3NO5/c26-17-11-15(12-18(27)14-17)7-9-29-23(30)16-5-6-22(20(28)13-16)34-25(24(31)32)8-10-33-21-4-2-1-3-19(21)25/h1-6,11-14H,7-10H2,(H,29,30)(H,31,32). The van der Waals surface area contributed by atoms with Crippen molar-refractivity contribution in [2.24, 2.45) is 0 Å². The van der Waals surface area contributed by atoms with Crippen molar-refractivity contribution in [2.75, 3.05) is 13.2 Å². The summed E-state index contributed by atoms with van der Waals surface area (Å²) in [7, 11) is 0. The van der Waals surface area contributed by atoms with Crippen LogP contribution in [0.25, 0.3) is 0 Å². The molecule has 0 radical (unpaired) electrons. The van der Waals surface area contributed by atoms with Gasteiger partial charge in [0.2, 0.25) is 5.60 Å². The van der Waals surface area contributed by atoms with Crippen LogP contribution in [0, 0.1) is 0 Å².